The number of hydrogen-bond donors (Lipinski definition) is 0. The van der Waals surface area contributed by atoms with Crippen molar-refractivity contribution < 1.29 is 0 Å². The smallest absolute Gasteiger partial charge is 0.182 e. The normalized spacial score (nSPS) is 14.0. The summed E-state index contributed by atoms with van der Waals surface area (Å²) < 4.78 is 0. The van der Waals surface area contributed by atoms with E-state index in [0.29, 0.717) is 5.82 Å². The van der Waals surface area contributed by atoms with Crippen molar-refractivity contribution in [1.82, 2.24) is 9.97 Å². The highest BCUT2D eigenvalue weighted by Gasteiger charge is 2.54. The van der Waals surface area contributed by atoms with Crippen LogP contribution >= 0.6 is 0 Å². The van der Waals surface area contributed by atoms with Gasteiger partial charge in [-0.3, -0.25) is 0 Å². The fraction of sp³-hybridized carbons (Fsp3) is 0.0169. The van der Waals surface area contributed by atoms with Gasteiger partial charge in [0.25, 0.3) is 0 Å². The Kier molecular flexibility index (Phi) is 7.84. The molecule has 10 aromatic rings. The van der Waals surface area contributed by atoms with E-state index in [1.54, 1.807) is 12.4 Å². The molecular weight excluding hydrogens is 779 g/mol. The number of nitrogens with zero attached hydrogens (tertiary/aromatic N) is 3. The molecule has 1 aromatic heterocycles. The molecule has 3 aliphatic rings. The highest BCUT2D eigenvalue weighted by atomic mass is 28.3. The van der Waals surface area contributed by atoms with Gasteiger partial charge >= 0.3 is 0 Å². The van der Waals surface area contributed by atoms with Gasteiger partial charge in [-0.2, -0.15) is 0 Å². The standard InChI is InChI=1S/C59H39N3Si/c1-2-16-41(17-3-1)59(52-25-9-4-20-46(52)47-21-5-10-26-53(47)59)42-18-14-19-44(38-42)62(43-32-30-40(31-33-43)58-60-36-15-37-61-58)45-34-35-51-50-24-8-13-29-56(50)63(57(51)39-45)54-27-11-6-22-48(54)49-23-7-12-28-55(49)63/h1-39H. The van der Waals surface area contributed by atoms with E-state index in [1.807, 2.05) is 6.07 Å². The minimum atomic E-state index is -2.69. The second-order valence-corrected chi connectivity index (χ2v) is 20.5. The molecule has 2 aliphatic heterocycles. The van der Waals surface area contributed by atoms with E-state index in [0.717, 1.165) is 22.6 Å². The van der Waals surface area contributed by atoms with Crippen molar-refractivity contribution in [3.63, 3.8) is 0 Å². The first kappa shape index (κ1) is 35.8. The number of rotatable bonds is 6. The maximum atomic E-state index is 4.59. The molecule has 0 amide bonds. The first-order valence-electron chi connectivity index (χ1n) is 21.7. The lowest BCUT2D eigenvalue weighted by Gasteiger charge is -2.35. The van der Waals surface area contributed by atoms with Crippen LogP contribution in [0.15, 0.2) is 237 Å². The van der Waals surface area contributed by atoms with Gasteiger partial charge in [0.05, 0.1) is 5.41 Å². The fourth-order valence-corrected chi connectivity index (χ4v) is 17.1. The Bertz CT molecular complexity index is 3310. The Labute approximate surface area is 368 Å². The zero-order valence-electron chi connectivity index (χ0n) is 34.4. The average Bonchev–Trinajstić information content (AvgIpc) is 3.95. The van der Waals surface area contributed by atoms with Gasteiger partial charge in [0.2, 0.25) is 0 Å². The summed E-state index contributed by atoms with van der Waals surface area (Å²) in [6, 6.07) is 83.7. The predicted octanol–water partition coefficient (Wildman–Crippen LogP) is 11.3. The van der Waals surface area contributed by atoms with Crippen molar-refractivity contribution in [2.45, 2.75) is 5.41 Å². The van der Waals surface area contributed by atoms with Crippen molar-refractivity contribution >= 4 is 45.9 Å². The van der Waals surface area contributed by atoms with Crippen molar-refractivity contribution in [1.29, 1.82) is 0 Å². The SMILES string of the molecule is c1ccc(C2(c3cccc(N(c4ccc(-c5ncccn5)cc4)c4ccc5c(c4)[Si]4(c6ccccc6-c6ccccc64)c4ccccc4-5)c3)c3ccccc3-c3ccccc32)cc1. The molecule has 13 rings (SSSR count). The number of fused-ring (bicyclic) bond motifs is 13. The molecule has 3 nitrogen and oxygen atoms in total. The number of anilines is 3. The lowest BCUT2D eigenvalue weighted by molar-refractivity contribution is 0.768. The lowest BCUT2D eigenvalue weighted by atomic mass is 9.67. The van der Waals surface area contributed by atoms with Crippen LogP contribution in [-0.2, 0) is 5.41 Å². The van der Waals surface area contributed by atoms with E-state index >= 15 is 0 Å². The molecule has 63 heavy (non-hydrogen) atoms. The molecule has 9 aromatic carbocycles. The second kappa shape index (κ2) is 13.8. The van der Waals surface area contributed by atoms with Gasteiger partial charge in [-0.05, 0) is 131 Å². The van der Waals surface area contributed by atoms with Gasteiger partial charge in [0, 0.05) is 35.0 Å². The third kappa shape index (κ3) is 4.95. The molecule has 0 saturated carbocycles. The monoisotopic (exact) mass is 817 g/mol. The summed E-state index contributed by atoms with van der Waals surface area (Å²) >= 11 is 0. The highest BCUT2D eigenvalue weighted by Crippen LogP contribution is 2.56. The van der Waals surface area contributed by atoms with Crippen molar-refractivity contribution in [3.8, 4) is 44.8 Å². The topological polar surface area (TPSA) is 29.0 Å². The van der Waals surface area contributed by atoms with Crippen LogP contribution in [0.5, 0.6) is 0 Å². The van der Waals surface area contributed by atoms with Crippen molar-refractivity contribution in [2.75, 3.05) is 4.90 Å². The highest BCUT2D eigenvalue weighted by molar-refractivity contribution is 7.24. The van der Waals surface area contributed by atoms with Gasteiger partial charge in [0.1, 0.15) is 0 Å². The molecule has 0 N–H and O–H groups in total. The Balaban J connectivity index is 1.07. The maximum absolute atomic E-state index is 4.59. The van der Waals surface area contributed by atoms with Crippen LogP contribution in [0, 0.1) is 0 Å². The van der Waals surface area contributed by atoms with E-state index in [2.05, 4.69) is 233 Å². The Morgan fingerprint density at radius 1 is 0.333 bits per heavy atom. The molecule has 0 atom stereocenters. The molecule has 3 heterocycles. The zero-order valence-corrected chi connectivity index (χ0v) is 35.4. The largest absolute Gasteiger partial charge is 0.310 e. The first-order chi connectivity index (χ1) is 31.3. The lowest BCUT2D eigenvalue weighted by Crippen LogP contribution is -2.70. The summed E-state index contributed by atoms with van der Waals surface area (Å²) in [6.45, 7) is 0. The number of aromatic nitrogens is 2. The predicted molar refractivity (Wildman–Crippen MR) is 261 cm³/mol. The van der Waals surface area contributed by atoms with Crippen LogP contribution in [0.25, 0.3) is 44.8 Å². The van der Waals surface area contributed by atoms with Crippen LogP contribution in [0.1, 0.15) is 22.3 Å². The van der Waals surface area contributed by atoms with Crippen LogP contribution in [0.3, 0.4) is 0 Å². The van der Waals surface area contributed by atoms with Crippen LogP contribution in [0.2, 0.25) is 0 Å². The zero-order chi connectivity index (χ0) is 41.5. The van der Waals surface area contributed by atoms with Gasteiger partial charge in [-0.25, -0.2) is 9.97 Å². The quantitative estimate of drug-likeness (QED) is 0.157. The third-order valence-electron chi connectivity index (χ3n) is 13.9. The van der Waals surface area contributed by atoms with Crippen molar-refractivity contribution in [3.05, 3.63) is 259 Å². The minimum Gasteiger partial charge on any atom is -0.310 e. The summed E-state index contributed by atoms with van der Waals surface area (Å²) in [6.07, 6.45) is 3.61. The Hall–Kier alpha value is -7.92. The summed E-state index contributed by atoms with van der Waals surface area (Å²) in [5, 5.41) is 5.85. The minimum absolute atomic E-state index is 0.529. The second-order valence-electron chi connectivity index (χ2n) is 16.8. The van der Waals surface area contributed by atoms with Crippen LogP contribution in [-0.4, -0.2) is 18.0 Å². The van der Waals surface area contributed by atoms with E-state index in [9.17, 15) is 0 Å². The fourth-order valence-electron chi connectivity index (χ4n) is 11.5. The van der Waals surface area contributed by atoms with E-state index in [1.165, 1.54) is 76.4 Å². The molecule has 0 bridgehead atoms. The van der Waals surface area contributed by atoms with Crippen LogP contribution in [0.4, 0.5) is 17.1 Å². The van der Waals surface area contributed by atoms with E-state index < -0.39 is 13.5 Å². The number of hydrogen-bond acceptors (Lipinski definition) is 3. The third-order valence-corrected chi connectivity index (χ3v) is 18.8. The van der Waals surface area contributed by atoms with E-state index in [4.69, 9.17) is 0 Å². The molecule has 0 radical (unpaired) electrons. The Morgan fingerprint density at radius 3 is 1.41 bits per heavy atom. The maximum Gasteiger partial charge on any atom is 0.182 e. The van der Waals surface area contributed by atoms with Gasteiger partial charge in [0.15, 0.2) is 13.9 Å². The van der Waals surface area contributed by atoms with E-state index in [-0.39, 0.29) is 0 Å². The van der Waals surface area contributed by atoms with Gasteiger partial charge in [-0.1, -0.05) is 170 Å². The molecule has 294 valence electrons. The summed E-state index contributed by atoms with van der Waals surface area (Å²) in [4.78, 5) is 11.6. The van der Waals surface area contributed by atoms with Crippen LogP contribution < -0.4 is 25.6 Å². The summed E-state index contributed by atoms with van der Waals surface area (Å²) in [7, 11) is -2.69. The molecule has 1 aliphatic carbocycles. The first-order valence-corrected chi connectivity index (χ1v) is 23.7. The van der Waals surface area contributed by atoms with Gasteiger partial charge in [-0.15, -0.1) is 0 Å². The molecule has 0 unspecified atom stereocenters. The molecule has 1 spiro atoms. The number of benzene rings is 9. The molecule has 4 heteroatoms. The summed E-state index contributed by atoms with van der Waals surface area (Å²) in [5.74, 6) is 0.711. The average molecular weight is 818 g/mol. The summed E-state index contributed by atoms with van der Waals surface area (Å²) in [5.41, 5.74) is 16.8. The molecule has 0 saturated heterocycles. The Morgan fingerprint density at radius 2 is 0.810 bits per heavy atom. The van der Waals surface area contributed by atoms with Crippen molar-refractivity contribution in [2.24, 2.45) is 0 Å². The molecular formula is C59H39N3Si. The van der Waals surface area contributed by atoms with Gasteiger partial charge < -0.3 is 4.90 Å². The molecule has 0 fully saturated rings.